The minimum Gasteiger partial charge on any atom is -0.469 e. The SMILES string of the molecule is C=C(C)C1CC(O)C(C(=O)OC)C2C(=O)C3C4C(=CC12)C(=O)OC4CC3(C)C. The van der Waals surface area contributed by atoms with Crippen molar-refractivity contribution in [3.63, 3.8) is 0 Å². The van der Waals surface area contributed by atoms with Crippen molar-refractivity contribution >= 4 is 17.7 Å². The van der Waals surface area contributed by atoms with Crippen LogP contribution in [0, 0.1) is 40.9 Å². The molecular formula is C22H28O6. The summed E-state index contributed by atoms with van der Waals surface area (Å²) < 4.78 is 10.6. The van der Waals surface area contributed by atoms with E-state index in [1.165, 1.54) is 7.11 Å². The van der Waals surface area contributed by atoms with Gasteiger partial charge in [0.2, 0.25) is 0 Å². The Kier molecular flexibility index (Phi) is 4.34. The predicted octanol–water partition coefficient (Wildman–Crippen LogP) is 2.06. The molecule has 0 aromatic heterocycles. The summed E-state index contributed by atoms with van der Waals surface area (Å²) in [6.45, 7) is 9.94. The fourth-order valence-corrected chi connectivity index (χ4v) is 6.31. The molecule has 8 atom stereocenters. The van der Waals surface area contributed by atoms with Crippen LogP contribution in [0.2, 0.25) is 0 Å². The molecule has 3 fully saturated rings. The van der Waals surface area contributed by atoms with E-state index in [1.807, 2.05) is 26.8 Å². The van der Waals surface area contributed by atoms with Gasteiger partial charge < -0.3 is 14.6 Å². The van der Waals surface area contributed by atoms with E-state index < -0.39 is 29.8 Å². The number of ketones is 1. The number of aliphatic hydroxyl groups is 1. The first kappa shape index (κ1) is 19.4. The average Bonchev–Trinajstić information content (AvgIpc) is 2.96. The maximum Gasteiger partial charge on any atom is 0.334 e. The first-order valence-electron chi connectivity index (χ1n) is 9.96. The van der Waals surface area contributed by atoms with Gasteiger partial charge in [-0.2, -0.15) is 0 Å². The Morgan fingerprint density at radius 2 is 2.00 bits per heavy atom. The normalized spacial score (nSPS) is 43.4. The Labute approximate surface area is 165 Å². The molecule has 6 heteroatoms. The second kappa shape index (κ2) is 6.28. The van der Waals surface area contributed by atoms with Gasteiger partial charge in [0.25, 0.3) is 0 Å². The molecule has 4 rings (SSSR count). The number of esters is 2. The van der Waals surface area contributed by atoms with Gasteiger partial charge in [0, 0.05) is 23.3 Å². The second-order valence-electron chi connectivity index (χ2n) is 9.57. The largest absolute Gasteiger partial charge is 0.469 e. The number of methoxy groups -OCH3 is 1. The fraction of sp³-hybridized carbons (Fsp3) is 0.682. The van der Waals surface area contributed by atoms with Crippen molar-refractivity contribution in [2.75, 3.05) is 7.11 Å². The number of carbonyl (C=O) groups excluding carboxylic acids is 3. The lowest BCUT2D eigenvalue weighted by atomic mass is 9.60. The number of allylic oxidation sites excluding steroid dienone is 2. The van der Waals surface area contributed by atoms with Crippen LogP contribution in [0.4, 0.5) is 0 Å². The van der Waals surface area contributed by atoms with Crippen LogP contribution in [0.1, 0.15) is 33.6 Å². The van der Waals surface area contributed by atoms with Gasteiger partial charge in [0.05, 0.1) is 19.1 Å². The molecule has 0 spiro atoms. The third kappa shape index (κ3) is 2.53. The summed E-state index contributed by atoms with van der Waals surface area (Å²) in [6.07, 6.45) is 1.50. The van der Waals surface area contributed by atoms with E-state index in [9.17, 15) is 19.5 Å². The molecule has 6 nitrogen and oxygen atoms in total. The summed E-state index contributed by atoms with van der Waals surface area (Å²) in [5, 5.41) is 10.8. The van der Waals surface area contributed by atoms with Gasteiger partial charge in [-0.15, -0.1) is 0 Å². The molecule has 2 saturated carbocycles. The number of rotatable bonds is 2. The molecule has 8 unspecified atom stereocenters. The van der Waals surface area contributed by atoms with Gasteiger partial charge in [0.1, 0.15) is 11.9 Å². The lowest BCUT2D eigenvalue weighted by molar-refractivity contribution is -0.162. The van der Waals surface area contributed by atoms with E-state index in [4.69, 9.17) is 9.47 Å². The van der Waals surface area contributed by atoms with Crippen molar-refractivity contribution in [2.45, 2.75) is 45.8 Å². The van der Waals surface area contributed by atoms with E-state index in [1.54, 1.807) is 0 Å². The third-order valence-corrected chi connectivity index (χ3v) is 7.47. The van der Waals surface area contributed by atoms with Gasteiger partial charge in [-0.1, -0.05) is 32.1 Å². The number of ether oxygens (including phenoxy) is 2. The number of hydrogen-bond acceptors (Lipinski definition) is 6. The molecule has 0 amide bonds. The Balaban J connectivity index is 1.91. The lowest BCUT2D eigenvalue weighted by Crippen LogP contribution is -2.51. The smallest absolute Gasteiger partial charge is 0.334 e. The molecule has 0 radical (unpaired) electrons. The maximum atomic E-state index is 13.9. The van der Waals surface area contributed by atoms with E-state index in [0.29, 0.717) is 18.4 Å². The van der Waals surface area contributed by atoms with Crippen LogP contribution < -0.4 is 0 Å². The Hall–Kier alpha value is -1.95. The van der Waals surface area contributed by atoms with Crippen LogP contribution in [-0.4, -0.2) is 42.1 Å². The van der Waals surface area contributed by atoms with Crippen molar-refractivity contribution in [1.82, 2.24) is 0 Å². The van der Waals surface area contributed by atoms with Crippen molar-refractivity contribution < 1.29 is 29.0 Å². The molecule has 0 aromatic carbocycles. The summed E-state index contributed by atoms with van der Waals surface area (Å²) in [7, 11) is 1.27. The van der Waals surface area contributed by atoms with Gasteiger partial charge in [0.15, 0.2) is 0 Å². The number of hydrogen-bond donors (Lipinski definition) is 1. The van der Waals surface area contributed by atoms with Crippen molar-refractivity contribution in [1.29, 1.82) is 0 Å². The highest BCUT2D eigenvalue weighted by molar-refractivity contribution is 5.98. The molecular weight excluding hydrogens is 360 g/mol. The first-order valence-corrected chi connectivity index (χ1v) is 9.96. The summed E-state index contributed by atoms with van der Waals surface area (Å²) in [5.41, 5.74) is 1.03. The maximum absolute atomic E-state index is 13.9. The molecule has 1 saturated heterocycles. The quantitative estimate of drug-likeness (QED) is 0.575. The summed E-state index contributed by atoms with van der Waals surface area (Å²) in [4.78, 5) is 39.1. The minimum atomic E-state index is -0.983. The standard InChI is InChI=1S/C22H28O6/c1-9(2)10-7-13(23)17(21(26)27-5)16-11(10)6-12-15-14(28-20(12)25)8-22(3,4)18(15)19(16)24/h6,10-11,13-18,23H,1,7-8H2,2-5H3. The summed E-state index contributed by atoms with van der Waals surface area (Å²) >= 11 is 0. The monoisotopic (exact) mass is 388 g/mol. The summed E-state index contributed by atoms with van der Waals surface area (Å²) in [6, 6.07) is 0. The average molecular weight is 388 g/mol. The summed E-state index contributed by atoms with van der Waals surface area (Å²) in [5.74, 6) is -3.91. The van der Waals surface area contributed by atoms with Gasteiger partial charge in [-0.3, -0.25) is 9.59 Å². The zero-order valence-corrected chi connectivity index (χ0v) is 16.8. The molecule has 1 N–H and O–H groups in total. The first-order chi connectivity index (χ1) is 13.1. The number of fused-ring (bicyclic) bond motifs is 1. The lowest BCUT2D eigenvalue weighted by Gasteiger charge is -2.44. The minimum absolute atomic E-state index is 0.0625. The van der Waals surface area contributed by atoms with Crippen molar-refractivity contribution in [2.24, 2.45) is 40.9 Å². The van der Waals surface area contributed by atoms with Gasteiger partial charge >= 0.3 is 11.9 Å². The van der Waals surface area contributed by atoms with Crippen LogP contribution in [-0.2, 0) is 23.9 Å². The topological polar surface area (TPSA) is 89.9 Å². The van der Waals surface area contributed by atoms with E-state index in [2.05, 4.69) is 6.58 Å². The van der Waals surface area contributed by atoms with E-state index >= 15 is 0 Å². The molecule has 28 heavy (non-hydrogen) atoms. The molecule has 152 valence electrons. The molecule has 0 aromatic rings. The van der Waals surface area contributed by atoms with Crippen molar-refractivity contribution in [3.8, 4) is 0 Å². The number of aliphatic hydroxyl groups excluding tert-OH is 1. The van der Waals surface area contributed by atoms with E-state index in [-0.39, 0.29) is 41.0 Å². The van der Waals surface area contributed by atoms with Crippen LogP contribution >= 0.6 is 0 Å². The Morgan fingerprint density at radius 1 is 1.32 bits per heavy atom. The number of carbonyl (C=O) groups is 3. The molecule has 4 aliphatic rings. The zero-order valence-electron chi connectivity index (χ0n) is 16.8. The van der Waals surface area contributed by atoms with E-state index in [0.717, 1.165) is 5.57 Å². The van der Waals surface area contributed by atoms with Gasteiger partial charge in [-0.05, 0) is 37.0 Å². The molecule has 0 bridgehead atoms. The fourth-order valence-electron chi connectivity index (χ4n) is 6.31. The molecule has 1 heterocycles. The number of Topliss-reactive ketones (excluding diaryl/α,β-unsaturated/α-hetero) is 1. The Bertz CT molecular complexity index is 793. The third-order valence-electron chi connectivity index (χ3n) is 7.47. The highest BCUT2D eigenvalue weighted by Crippen LogP contribution is 2.59. The highest BCUT2D eigenvalue weighted by Gasteiger charge is 2.64. The predicted molar refractivity (Wildman–Crippen MR) is 99.8 cm³/mol. The van der Waals surface area contributed by atoms with Crippen LogP contribution in [0.3, 0.4) is 0 Å². The highest BCUT2D eigenvalue weighted by atomic mass is 16.6. The molecule has 1 aliphatic heterocycles. The van der Waals surface area contributed by atoms with Gasteiger partial charge in [-0.25, -0.2) is 4.79 Å². The van der Waals surface area contributed by atoms with Crippen molar-refractivity contribution in [3.05, 3.63) is 23.8 Å². The van der Waals surface area contributed by atoms with Crippen LogP contribution in [0.25, 0.3) is 0 Å². The second-order valence-corrected chi connectivity index (χ2v) is 9.57. The molecule has 3 aliphatic carbocycles. The zero-order chi connectivity index (χ0) is 20.5. The van der Waals surface area contributed by atoms with Crippen LogP contribution in [0.5, 0.6) is 0 Å². The van der Waals surface area contributed by atoms with Crippen LogP contribution in [0.15, 0.2) is 23.8 Å². The Morgan fingerprint density at radius 3 is 2.61 bits per heavy atom.